The van der Waals surface area contributed by atoms with Gasteiger partial charge in [-0.1, -0.05) is 135 Å². The van der Waals surface area contributed by atoms with Crippen molar-refractivity contribution in [2.45, 2.75) is 19.3 Å². The van der Waals surface area contributed by atoms with Crippen molar-refractivity contribution >= 4 is 60.5 Å². The number of benzene rings is 8. The molecule has 0 N–H and O–H groups in total. The van der Waals surface area contributed by atoms with Crippen molar-refractivity contribution in [3.8, 4) is 22.3 Å². The van der Waals surface area contributed by atoms with E-state index in [1.54, 1.807) is 0 Å². The topological polar surface area (TPSA) is 16.4 Å². The molecule has 1 aliphatic carbocycles. The third kappa shape index (κ3) is 4.14. The lowest BCUT2D eigenvalue weighted by atomic mass is 9.82. The van der Waals surface area contributed by atoms with Crippen LogP contribution >= 0.6 is 0 Å². The van der Waals surface area contributed by atoms with Gasteiger partial charge in [0, 0.05) is 38.3 Å². The predicted molar refractivity (Wildman–Crippen MR) is 206 cm³/mol. The van der Waals surface area contributed by atoms with Crippen LogP contribution in [0.5, 0.6) is 0 Å². The number of para-hydroxylation sites is 1. The summed E-state index contributed by atoms with van der Waals surface area (Å²) in [7, 11) is 0. The van der Waals surface area contributed by atoms with Crippen LogP contribution in [0.3, 0.4) is 0 Å². The zero-order chi connectivity index (χ0) is 32.7. The molecule has 0 aliphatic heterocycles. The van der Waals surface area contributed by atoms with Gasteiger partial charge in [-0.25, -0.2) is 0 Å². The first kappa shape index (κ1) is 27.9. The fraction of sp³-hybridized carbons (Fsp3) is 0.0638. The van der Waals surface area contributed by atoms with Gasteiger partial charge in [-0.15, -0.1) is 0 Å². The molecule has 49 heavy (non-hydrogen) atoms. The Labute approximate surface area is 285 Å². The first-order chi connectivity index (χ1) is 24.1. The maximum atomic E-state index is 6.52. The predicted octanol–water partition coefficient (Wildman–Crippen LogP) is 13.3. The highest BCUT2D eigenvalue weighted by molar-refractivity contribution is 6.17. The number of rotatable bonds is 4. The van der Waals surface area contributed by atoms with Crippen LogP contribution in [0.4, 0.5) is 17.1 Å². The Balaban J connectivity index is 1.19. The van der Waals surface area contributed by atoms with Gasteiger partial charge in [-0.05, 0) is 86.6 Å². The summed E-state index contributed by atoms with van der Waals surface area (Å²) in [6.45, 7) is 4.70. The molecule has 0 radical (unpaired) electrons. The van der Waals surface area contributed by atoms with Crippen molar-refractivity contribution in [2.24, 2.45) is 0 Å². The van der Waals surface area contributed by atoms with Crippen LogP contribution in [0, 0.1) is 0 Å². The highest BCUT2D eigenvalue weighted by Gasteiger charge is 2.35. The van der Waals surface area contributed by atoms with Gasteiger partial charge in [0.15, 0.2) is 0 Å². The van der Waals surface area contributed by atoms with Crippen molar-refractivity contribution in [1.29, 1.82) is 0 Å². The van der Waals surface area contributed by atoms with Crippen molar-refractivity contribution < 1.29 is 4.42 Å². The zero-order valence-corrected chi connectivity index (χ0v) is 27.4. The normalized spacial score (nSPS) is 13.3. The molecule has 1 heterocycles. The van der Waals surface area contributed by atoms with Crippen LogP contribution in [-0.4, -0.2) is 0 Å². The lowest BCUT2D eigenvalue weighted by Crippen LogP contribution is -2.16. The summed E-state index contributed by atoms with van der Waals surface area (Å²) >= 11 is 0. The fourth-order valence-corrected chi connectivity index (χ4v) is 8.24. The number of hydrogen-bond acceptors (Lipinski definition) is 2. The molecule has 232 valence electrons. The van der Waals surface area contributed by atoms with Gasteiger partial charge in [-0.3, -0.25) is 0 Å². The second-order valence-electron chi connectivity index (χ2n) is 13.7. The lowest BCUT2D eigenvalue weighted by Gasteiger charge is -2.29. The van der Waals surface area contributed by atoms with Crippen molar-refractivity contribution in [3.63, 3.8) is 0 Å². The van der Waals surface area contributed by atoms with E-state index in [1.807, 2.05) is 6.07 Å². The van der Waals surface area contributed by atoms with Crippen molar-refractivity contribution in [2.75, 3.05) is 4.90 Å². The summed E-state index contributed by atoms with van der Waals surface area (Å²) in [5.41, 5.74) is 12.9. The molecule has 0 saturated carbocycles. The molecule has 0 atom stereocenters. The number of hydrogen-bond donors (Lipinski definition) is 0. The Morgan fingerprint density at radius 1 is 0.449 bits per heavy atom. The first-order valence-electron chi connectivity index (χ1n) is 17.0. The van der Waals surface area contributed by atoms with E-state index >= 15 is 0 Å². The summed E-state index contributed by atoms with van der Waals surface area (Å²) in [5.74, 6) is 0. The average molecular weight is 628 g/mol. The van der Waals surface area contributed by atoms with E-state index in [4.69, 9.17) is 4.42 Å². The van der Waals surface area contributed by atoms with Gasteiger partial charge in [0.05, 0.1) is 5.69 Å². The monoisotopic (exact) mass is 627 g/mol. The van der Waals surface area contributed by atoms with Crippen LogP contribution in [0.15, 0.2) is 168 Å². The third-order valence-corrected chi connectivity index (χ3v) is 10.7. The molecule has 0 unspecified atom stereocenters. The largest absolute Gasteiger partial charge is 0.455 e. The standard InChI is InChI=1S/C47H33NO/c1-47(2)42-18-7-5-14-36(42)37-26-25-33(29-43(37)47)48(32-23-21-31(22-24-32)35-16-9-12-30-11-3-4-13-34(30)35)44-19-10-17-40-38(44)27-28-41-39-15-6-8-20-45(39)49-46(40)41/h3-29H,1-2H3. The molecule has 1 aliphatic rings. The Bertz CT molecular complexity index is 2740. The van der Waals surface area contributed by atoms with Crippen molar-refractivity contribution in [1.82, 2.24) is 0 Å². The van der Waals surface area contributed by atoms with E-state index in [0.717, 1.165) is 49.8 Å². The zero-order valence-electron chi connectivity index (χ0n) is 27.4. The summed E-state index contributed by atoms with van der Waals surface area (Å²) < 4.78 is 6.52. The van der Waals surface area contributed by atoms with Gasteiger partial charge < -0.3 is 9.32 Å². The van der Waals surface area contributed by atoms with E-state index in [0.29, 0.717) is 0 Å². The minimum absolute atomic E-state index is 0.106. The molecule has 9 aromatic rings. The van der Waals surface area contributed by atoms with Gasteiger partial charge in [0.2, 0.25) is 0 Å². The average Bonchev–Trinajstić information content (AvgIpc) is 3.64. The first-order valence-corrected chi connectivity index (χ1v) is 17.0. The summed E-state index contributed by atoms with van der Waals surface area (Å²) in [4.78, 5) is 2.42. The van der Waals surface area contributed by atoms with Crippen LogP contribution in [-0.2, 0) is 5.41 Å². The molecule has 0 saturated heterocycles. The molecular weight excluding hydrogens is 595 g/mol. The third-order valence-electron chi connectivity index (χ3n) is 10.7. The van der Waals surface area contributed by atoms with E-state index in [2.05, 4.69) is 176 Å². The number of fused-ring (bicyclic) bond motifs is 9. The maximum absolute atomic E-state index is 6.52. The molecule has 2 nitrogen and oxygen atoms in total. The highest BCUT2D eigenvalue weighted by atomic mass is 16.3. The van der Waals surface area contributed by atoms with Crippen LogP contribution < -0.4 is 4.90 Å². The highest BCUT2D eigenvalue weighted by Crippen LogP contribution is 2.51. The summed E-state index contributed by atoms with van der Waals surface area (Å²) in [5, 5.41) is 7.06. The molecule has 0 amide bonds. The van der Waals surface area contributed by atoms with Crippen molar-refractivity contribution in [3.05, 3.63) is 175 Å². The maximum Gasteiger partial charge on any atom is 0.143 e. The minimum Gasteiger partial charge on any atom is -0.455 e. The smallest absolute Gasteiger partial charge is 0.143 e. The number of anilines is 3. The van der Waals surface area contributed by atoms with E-state index < -0.39 is 0 Å². The SMILES string of the molecule is CC1(C)c2ccccc2-c2ccc(N(c3ccc(-c4cccc5ccccc45)cc3)c3cccc4c3ccc3c5ccccc5oc43)cc21. The number of nitrogens with zero attached hydrogens (tertiary/aromatic N) is 1. The second-order valence-corrected chi connectivity index (χ2v) is 13.7. The lowest BCUT2D eigenvalue weighted by molar-refractivity contribution is 0.660. The van der Waals surface area contributed by atoms with Gasteiger partial charge in [0.25, 0.3) is 0 Å². The van der Waals surface area contributed by atoms with E-state index in [1.165, 1.54) is 44.2 Å². The molecule has 10 rings (SSSR count). The minimum atomic E-state index is -0.106. The number of furan rings is 1. The van der Waals surface area contributed by atoms with Crippen LogP contribution in [0.2, 0.25) is 0 Å². The molecule has 0 fully saturated rings. The van der Waals surface area contributed by atoms with E-state index in [-0.39, 0.29) is 5.41 Å². The molecule has 2 heteroatoms. The molecule has 0 spiro atoms. The Morgan fingerprint density at radius 3 is 1.98 bits per heavy atom. The molecule has 8 aromatic carbocycles. The molecule has 1 aromatic heterocycles. The quantitative estimate of drug-likeness (QED) is 0.193. The molecular formula is C47H33NO. The Hall–Kier alpha value is -6.12. The second kappa shape index (κ2) is 10.4. The summed E-state index contributed by atoms with van der Waals surface area (Å²) in [6, 6.07) is 59.5. The van der Waals surface area contributed by atoms with E-state index in [9.17, 15) is 0 Å². The fourth-order valence-electron chi connectivity index (χ4n) is 8.24. The summed E-state index contributed by atoms with van der Waals surface area (Å²) in [6.07, 6.45) is 0. The van der Waals surface area contributed by atoms with Gasteiger partial charge in [-0.2, -0.15) is 0 Å². The van der Waals surface area contributed by atoms with Crippen LogP contribution in [0.25, 0.3) is 65.7 Å². The van der Waals surface area contributed by atoms with Crippen LogP contribution in [0.1, 0.15) is 25.0 Å². The molecule has 0 bridgehead atoms. The Kier molecular flexibility index (Phi) is 5.95. The Morgan fingerprint density at radius 2 is 1.08 bits per heavy atom. The van der Waals surface area contributed by atoms with Gasteiger partial charge in [0.1, 0.15) is 11.2 Å². The van der Waals surface area contributed by atoms with Gasteiger partial charge >= 0.3 is 0 Å².